The van der Waals surface area contributed by atoms with Gasteiger partial charge in [0.15, 0.2) is 0 Å². The lowest BCUT2D eigenvalue weighted by Gasteiger charge is -2.14. The summed E-state index contributed by atoms with van der Waals surface area (Å²) in [5.74, 6) is -2.31. The Kier molecular flexibility index (Phi) is 8.34. The predicted molar refractivity (Wildman–Crippen MR) is 111 cm³/mol. The number of benzene rings is 2. The quantitative estimate of drug-likeness (QED) is 0.268. The molecule has 168 valence electrons. The summed E-state index contributed by atoms with van der Waals surface area (Å²) in [6, 6.07) is 8.73. The summed E-state index contributed by atoms with van der Waals surface area (Å²) in [4.78, 5) is 55.8. The molecule has 0 aliphatic rings. The summed E-state index contributed by atoms with van der Waals surface area (Å²) in [6.07, 6.45) is 0.940. The Labute approximate surface area is 181 Å². The number of amides is 2. The highest BCUT2D eigenvalue weighted by Crippen LogP contribution is 2.13. The largest absolute Gasteiger partial charge is 0.480 e. The van der Waals surface area contributed by atoms with Crippen molar-refractivity contribution in [2.24, 2.45) is 0 Å². The van der Waals surface area contributed by atoms with Crippen molar-refractivity contribution in [1.82, 2.24) is 10.6 Å². The average Bonchev–Trinajstić information content (AvgIpc) is 2.77. The first kappa shape index (κ1) is 23.9. The van der Waals surface area contributed by atoms with Gasteiger partial charge in [-0.05, 0) is 43.5 Å². The van der Waals surface area contributed by atoms with Crippen LogP contribution >= 0.6 is 0 Å². The van der Waals surface area contributed by atoms with Crippen LogP contribution in [-0.2, 0) is 4.79 Å². The Hall–Kier alpha value is -4.35. The first-order valence-electron chi connectivity index (χ1n) is 9.50. The zero-order valence-electron chi connectivity index (χ0n) is 16.7. The number of carbonyl (C=O) groups excluding carboxylic acids is 2. The number of carboxylic acid groups (broad SMARTS) is 1. The number of carbonyl (C=O) groups is 3. The highest BCUT2D eigenvalue weighted by Gasteiger charge is 2.20. The molecule has 1 atom stereocenters. The molecule has 0 saturated heterocycles. The second kappa shape index (κ2) is 11.2. The Bertz CT molecular complexity index is 1010. The molecule has 0 fully saturated rings. The van der Waals surface area contributed by atoms with E-state index in [2.05, 4.69) is 10.6 Å². The fourth-order valence-electron chi connectivity index (χ4n) is 2.75. The van der Waals surface area contributed by atoms with Gasteiger partial charge in [-0.2, -0.15) is 0 Å². The van der Waals surface area contributed by atoms with Crippen molar-refractivity contribution in [3.63, 3.8) is 0 Å². The van der Waals surface area contributed by atoms with Gasteiger partial charge < -0.3 is 15.7 Å². The molecule has 3 N–H and O–H groups in total. The van der Waals surface area contributed by atoms with E-state index < -0.39 is 33.7 Å². The first-order chi connectivity index (χ1) is 15.2. The number of unbranched alkanes of at least 4 members (excludes halogenated alkanes) is 1. The minimum atomic E-state index is -1.23. The van der Waals surface area contributed by atoms with Crippen LogP contribution in [0.3, 0.4) is 0 Å². The standard InChI is InChI=1S/C20H20N4O8/c25-18(13-4-8-15(9-5-13)23(29)30)21-12-2-1-3-17(20(27)28)22-19(26)14-6-10-16(11-7-14)24(31)32/h4-11,17H,1-3,12H2,(H,21,25)(H,22,26)(H,27,28)/t17-/m1/s1. The Balaban J connectivity index is 1.78. The molecule has 32 heavy (non-hydrogen) atoms. The predicted octanol–water partition coefficient (Wildman–Crippen LogP) is 2.29. The Morgan fingerprint density at radius 2 is 1.28 bits per heavy atom. The summed E-state index contributed by atoms with van der Waals surface area (Å²) in [7, 11) is 0. The van der Waals surface area contributed by atoms with Gasteiger partial charge in [-0.15, -0.1) is 0 Å². The maximum atomic E-state index is 12.2. The van der Waals surface area contributed by atoms with Crippen LogP contribution in [0, 0.1) is 20.2 Å². The van der Waals surface area contributed by atoms with E-state index in [1.165, 1.54) is 36.4 Å². The van der Waals surface area contributed by atoms with Crippen molar-refractivity contribution < 1.29 is 29.3 Å². The number of hydrogen-bond donors (Lipinski definition) is 3. The summed E-state index contributed by atoms with van der Waals surface area (Å²) in [5.41, 5.74) is 0.0377. The summed E-state index contributed by atoms with van der Waals surface area (Å²) >= 11 is 0. The monoisotopic (exact) mass is 444 g/mol. The van der Waals surface area contributed by atoms with Gasteiger partial charge in [-0.1, -0.05) is 0 Å². The molecular weight excluding hydrogens is 424 g/mol. The second-order valence-corrected chi connectivity index (χ2v) is 6.72. The molecule has 0 radical (unpaired) electrons. The SMILES string of the molecule is O=C(NCCCC[C@@H](NC(=O)c1ccc([N+](=O)[O-])cc1)C(=O)O)c1ccc([N+](=O)[O-])cc1. The van der Waals surface area contributed by atoms with Crippen LogP contribution in [0.15, 0.2) is 48.5 Å². The van der Waals surface area contributed by atoms with E-state index in [9.17, 15) is 39.7 Å². The first-order valence-corrected chi connectivity index (χ1v) is 9.50. The molecule has 2 amide bonds. The van der Waals surface area contributed by atoms with Gasteiger partial charge in [0.2, 0.25) is 0 Å². The number of nitro benzene ring substituents is 2. The molecule has 0 aliphatic heterocycles. The van der Waals surface area contributed by atoms with E-state index >= 15 is 0 Å². The minimum Gasteiger partial charge on any atom is -0.480 e. The third-order valence-electron chi connectivity index (χ3n) is 4.49. The molecule has 0 saturated carbocycles. The number of nitrogens with zero attached hydrogens (tertiary/aromatic N) is 2. The van der Waals surface area contributed by atoms with Crippen molar-refractivity contribution in [2.75, 3.05) is 6.54 Å². The van der Waals surface area contributed by atoms with Gasteiger partial charge in [0.1, 0.15) is 6.04 Å². The van der Waals surface area contributed by atoms with Crippen LogP contribution in [0.4, 0.5) is 11.4 Å². The third kappa shape index (κ3) is 6.86. The summed E-state index contributed by atoms with van der Waals surface area (Å²) < 4.78 is 0. The molecule has 0 heterocycles. The lowest BCUT2D eigenvalue weighted by molar-refractivity contribution is -0.385. The van der Waals surface area contributed by atoms with Crippen molar-refractivity contribution in [2.45, 2.75) is 25.3 Å². The fourth-order valence-corrected chi connectivity index (χ4v) is 2.75. The van der Waals surface area contributed by atoms with Gasteiger partial charge in [-0.25, -0.2) is 4.79 Å². The van der Waals surface area contributed by atoms with E-state index in [4.69, 9.17) is 0 Å². The molecule has 0 aromatic heterocycles. The number of aliphatic carboxylic acids is 1. The van der Waals surface area contributed by atoms with Crippen molar-refractivity contribution >= 4 is 29.2 Å². The summed E-state index contributed by atoms with van der Waals surface area (Å²) in [5, 5.41) is 35.6. The lowest BCUT2D eigenvalue weighted by atomic mass is 10.1. The van der Waals surface area contributed by atoms with Crippen molar-refractivity contribution in [1.29, 1.82) is 0 Å². The molecule has 0 unspecified atom stereocenters. The highest BCUT2D eigenvalue weighted by molar-refractivity contribution is 5.96. The van der Waals surface area contributed by atoms with E-state index in [1.807, 2.05) is 0 Å². The molecule has 2 rings (SSSR count). The van der Waals surface area contributed by atoms with Crippen molar-refractivity contribution in [3.8, 4) is 0 Å². The van der Waals surface area contributed by atoms with E-state index in [1.54, 1.807) is 0 Å². The fraction of sp³-hybridized carbons (Fsp3) is 0.250. The van der Waals surface area contributed by atoms with Crippen molar-refractivity contribution in [3.05, 3.63) is 79.9 Å². The third-order valence-corrected chi connectivity index (χ3v) is 4.49. The van der Waals surface area contributed by atoms with E-state index in [0.717, 1.165) is 12.1 Å². The van der Waals surface area contributed by atoms with Gasteiger partial charge in [0.25, 0.3) is 23.2 Å². The minimum absolute atomic E-state index is 0.0946. The highest BCUT2D eigenvalue weighted by atomic mass is 16.6. The van der Waals surface area contributed by atoms with Crippen LogP contribution in [0.2, 0.25) is 0 Å². The molecule has 12 heteroatoms. The molecule has 0 bridgehead atoms. The Morgan fingerprint density at radius 1 is 0.812 bits per heavy atom. The smallest absolute Gasteiger partial charge is 0.326 e. The van der Waals surface area contributed by atoms with Crippen LogP contribution in [0.1, 0.15) is 40.0 Å². The van der Waals surface area contributed by atoms with Crippen LogP contribution < -0.4 is 10.6 Å². The number of hydrogen-bond acceptors (Lipinski definition) is 7. The summed E-state index contributed by atoms with van der Waals surface area (Å²) in [6.45, 7) is 0.248. The zero-order chi connectivity index (χ0) is 23.7. The average molecular weight is 444 g/mol. The van der Waals surface area contributed by atoms with Crippen LogP contribution in [-0.4, -0.2) is 45.3 Å². The molecule has 2 aromatic rings. The van der Waals surface area contributed by atoms with E-state index in [0.29, 0.717) is 12.8 Å². The van der Waals surface area contributed by atoms with Gasteiger partial charge >= 0.3 is 5.97 Å². The van der Waals surface area contributed by atoms with Crippen LogP contribution in [0.5, 0.6) is 0 Å². The lowest BCUT2D eigenvalue weighted by Crippen LogP contribution is -2.40. The van der Waals surface area contributed by atoms with Crippen LogP contribution in [0.25, 0.3) is 0 Å². The molecule has 0 spiro atoms. The molecule has 12 nitrogen and oxygen atoms in total. The normalized spacial score (nSPS) is 11.2. The zero-order valence-corrected chi connectivity index (χ0v) is 16.7. The molecule has 2 aromatic carbocycles. The number of nitro groups is 2. The number of non-ortho nitro benzene ring substituents is 2. The number of rotatable bonds is 11. The molecular formula is C20H20N4O8. The maximum absolute atomic E-state index is 12.2. The molecule has 0 aliphatic carbocycles. The van der Waals surface area contributed by atoms with Gasteiger partial charge in [0, 0.05) is 41.9 Å². The topological polar surface area (TPSA) is 182 Å². The van der Waals surface area contributed by atoms with Gasteiger partial charge in [0.05, 0.1) is 9.85 Å². The maximum Gasteiger partial charge on any atom is 0.326 e. The Morgan fingerprint density at radius 3 is 1.72 bits per heavy atom. The number of nitrogens with one attached hydrogen (secondary N) is 2. The second-order valence-electron chi connectivity index (χ2n) is 6.72. The van der Waals surface area contributed by atoms with E-state index in [-0.39, 0.29) is 35.5 Å². The number of carboxylic acids is 1. The van der Waals surface area contributed by atoms with Gasteiger partial charge in [-0.3, -0.25) is 29.8 Å².